The summed E-state index contributed by atoms with van der Waals surface area (Å²) in [5.41, 5.74) is 0.659. The third-order valence-electron chi connectivity index (χ3n) is 3.53. The minimum atomic E-state index is -4.37. The summed E-state index contributed by atoms with van der Waals surface area (Å²) in [4.78, 5) is 15.3. The lowest BCUT2D eigenvalue weighted by Gasteiger charge is -2.15. The lowest BCUT2D eigenvalue weighted by molar-refractivity contribution is -0.137. The zero-order chi connectivity index (χ0) is 16.6. The molecule has 1 aliphatic heterocycles. The Labute approximate surface area is 135 Å². The molecule has 0 spiro atoms. The Morgan fingerprint density at radius 1 is 1.00 bits per heavy atom. The van der Waals surface area contributed by atoms with Gasteiger partial charge in [-0.1, -0.05) is 36.0 Å². The molecule has 0 saturated carbocycles. The number of likely N-dealkylation sites (N-methyl/N-ethyl adjacent to an activating group) is 1. The van der Waals surface area contributed by atoms with E-state index in [1.807, 2.05) is 24.3 Å². The van der Waals surface area contributed by atoms with E-state index >= 15 is 0 Å². The van der Waals surface area contributed by atoms with Crippen LogP contribution in [0.4, 0.5) is 18.9 Å². The summed E-state index contributed by atoms with van der Waals surface area (Å²) in [6.45, 7) is 0. The molecular formula is C17H12F3NOS. The first-order valence-corrected chi connectivity index (χ1v) is 7.62. The van der Waals surface area contributed by atoms with Gasteiger partial charge in [-0.15, -0.1) is 0 Å². The van der Waals surface area contributed by atoms with Gasteiger partial charge in [0, 0.05) is 22.9 Å². The number of fused-ring (bicyclic) bond motifs is 1. The van der Waals surface area contributed by atoms with Crippen LogP contribution in [0.5, 0.6) is 0 Å². The molecule has 2 aromatic carbocycles. The molecule has 1 heterocycles. The van der Waals surface area contributed by atoms with E-state index in [4.69, 9.17) is 0 Å². The summed E-state index contributed by atoms with van der Waals surface area (Å²) >= 11 is 1.37. The van der Waals surface area contributed by atoms with E-state index < -0.39 is 11.7 Å². The fourth-order valence-electron chi connectivity index (χ4n) is 2.26. The zero-order valence-corrected chi connectivity index (χ0v) is 12.9. The highest BCUT2D eigenvalue weighted by Gasteiger charge is 2.30. The molecule has 0 atom stereocenters. The molecule has 0 fully saturated rings. The maximum absolute atomic E-state index is 12.7. The van der Waals surface area contributed by atoms with Gasteiger partial charge < -0.3 is 4.90 Å². The van der Waals surface area contributed by atoms with Crippen molar-refractivity contribution in [3.8, 4) is 0 Å². The Bertz CT molecular complexity index is 781. The number of halogens is 3. The maximum atomic E-state index is 12.7. The van der Waals surface area contributed by atoms with Crippen LogP contribution in [0.3, 0.4) is 0 Å². The number of benzene rings is 2. The van der Waals surface area contributed by atoms with E-state index in [0.717, 1.165) is 22.7 Å². The van der Waals surface area contributed by atoms with Crippen molar-refractivity contribution in [1.82, 2.24) is 0 Å². The molecule has 0 aromatic heterocycles. The van der Waals surface area contributed by atoms with E-state index in [2.05, 4.69) is 0 Å². The van der Waals surface area contributed by atoms with Crippen LogP contribution in [-0.4, -0.2) is 13.0 Å². The predicted octanol–water partition coefficient (Wildman–Crippen LogP) is 4.82. The summed E-state index contributed by atoms with van der Waals surface area (Å²) in [7, 11) is 1.67. The highest BCUT2D eigenvalue weighted by Crippen LogP contribution is 2.42. The summed E-state index contributed by atoms with van der Waals surface area (Å²) < 4.78 is 38.0. The van der Waals surface area contributed by atoms with Gasteiger partial charge in [0.1, 0.15) is 0 Å². The van der Waals surface area contributed by atoms with Crippen LogP contribution in [-0.2, 0) is 11.0 Å². The molecule has 0 unspecified atom stereocenters. The van der Waals surface area contributed by atoms with E-state index in [9.17, 15) is 18.0 Å². The number of amides is 1. The summed E-state index contributed by atoms with van der Waals surface area (Å²) in [6.07, 6.45) is -2.92. The number of alkyl halides is 3. The molecular weight excluding hydrogens is 323 g/mol. The Morgan fingerprint density at radius 3 is 2.30 bits per heavy atom. The van der Waals surface area contributed by atoms with Gasteiger partial charge in [-0.25, -0.2) is 0 Å². The van der Waals surface area contributed by atoms with Gasteiger partial charge >= 0.3 is 6.18 Å². The van der Waals surface area contributed by atoms with Crippen molar-refractivity contribution in [3.05, 3.63) is 65.7 Å². The van der Waals surface area contributed by atoms with Crippen molar-refractivity contribution in [2.45, 2.75) is 11.1 Å². The number of para-hydroxylation sites is 1. The number of anilines is 1. The van der Waals surface area contributed by atoms with Crippen LogP contribution in [0.1, 0.15) is 11.1 Å². The van der Waals surface area contributed by atoms with E-state index in [-0.39, 0.29) is 5.91 Å². The SMILES string of the molecule is CN1C(=O)C=C(c2ccc(C(F)(F)F)cc2)Sc2ccccc21. The maximum Gasteiger partial charge on any atom is 0.416 e. The quantitative estimate of drug-likeness (QED) is 0.745. The van der Waals surface area contributed by atoms with Crippen LogP contribution in [0.15, 0.2) is 59.5 Å². The second kappa shape index (κ2) is 5.77. The molecule has 0 radical (unpaired) electrons. The van der Waals surface area contributed by atoms with Gasteiger partial charge in [0.05, 0.1) is 11.3 Å². The highest BCUT2D eigenvalue weighted by atomic mass is 32.2. The number of rotatable bonds is 1. The van der Waals surface area contributed by atoms with E-state index in [0.29, 0.717) is 10.5 Å². The van der Waals surface area contributed by atoms with Crippen LogP contribution in [0, 0.1) is 0 Å². The first-order chi connectivity index (χ1) is 10.9. The first kappa shape index (κ1) is 15.7. The topological polar surface area (TPSA) is 20.3 Å². The number of hydrogen-bond acceptors (Lipinski definition) is 2. The molecule has 0 saturated heterocycles. The monoisotopic (exact) mass is 335 g/mol. The summed E-state index contributed by atoms with van der Waals surface area (Å²) in [5.74, 6) is -0.211. The molecule has 2 nitrogen and oxygen atoms in total. The Morgan fingerprint density at radius 2 is 1.65 bits per heavy atom. The molecule has 1 aliphatic rings. The third kappa shape index (κ3) is 3.12. The van der Waals surface area contributed by atoms with Gasteiger partial charge in [-0.2, -0.15) is 13.2 Å². The lowest BCUT2D eigenvalue weighted by Crippen LogP contribution is -2.23. The van der Waals surface area contributed by atoms with Gasteiger partial charge in [-0.05, 0) is 29.8 Å². The minimum Gasteiger partial charge on any atom is -0.311 e. The molecule has 118 valence electrons. The standard InChI is InChI=1S/C17H12F3NOS/c1-21-13-4-2-3-5-14(13)23-15(10-16(21)22)11-6-8-12(9-7-11)17(18,19)20/h2-10H,1H3. The van der Waals surface area contributed by atoms with Crippen molar-refractivity contribution in [2.24, 2.45) is 0 Å². The van der Waals surface area contributed by atoms with Crippen molar-refractivity contribution >= 4 is 28.3 Å². The molecule has 0 aliphatic carbocycles. The average molecular weight is 335 g/mol. The molecule has 2 aromatic rings. The molecule has 3 rings (SSSR count). The van der Waals surface area contributed by atoms with Crippen LogP contribution >= 0.6 is 11.8 Å². The summed E-state index contributed by atoms with van der Waals surface area (Å²) in [6, 6.07) is 12.3. The minimum absolute atomic E-state index is 0.211. The average Bonchev–Trinajstić information content (AvgIpc) is 2.65. The lowest BCUT2D eigenvalue weighted by atomic mass is 10.1. The van der Waals surface area contributed by atoms with Gasteiger partial charge in [0.15, 0.2) is 0 Å². The van der Waals surface area contributed by atoms with Gasteiger partial charge in [0.25, 0.3) is 5.91 Å². The van der Waals surface area contributed by atoms with Crippen molar-refractivity contribution in [2.75, 3.05) is 11.9 Å². The van der Waals surface area contributed by atoms with Crippen molar-refractivity contribution in [1.29, 1.82) is 0 Å². The molecule has 0 bridgehead atoms. The van der Waals surface area contributed by atoms with Crippen molar-refractivity contribution in [3.63, 3.8) is 0 Å². The number of carbonyl (C=O) groups excluding carboxylic acids is 1. The van der Waals surface area contributed by atoms with Crippen LogP contribution in [0.2, 0.25) is 0 Å². The number of carbonyl (C=O) groups is 1. The fourth-order valence-corrected chi connectivity index (χ4v) is 3.37. The molecule has 0 N–H and O–H groups in total. The normalized spacial score (nSPS) is 15.0. The third-order valence-corrected chi connectivity index (χ3v) is 4.67. The Kier molecular flexibility index (Phi) is 3.93. The Balaban J connectivity index is 2.00. The van der Waals surface area contributed by atoms with E-state index in [1.54, 1.807) is 7.05 Å². The van der Waals surface area contributed by atoms with Crippen molar-refractivity contribution < 1.29 is 18.0 Å². The van der Waals surface area contributed by atoms with Gasteiger partial charge in [-0.3, -0.25) is 4.79 Å². The fraction of sp³-hybridized carbons (Fsp3) is 0.118. The zero-order valence-electron chi connectivity index (χ0n) is 12.1. The molecule has 6 heteroatoms. The second-order valence-electron chi connectivity index (χ2n) is 5.05. The summed E-state index contributed by atoms with van der Waals surface area (Å²) in [5, 5.41) is 0. The van der Waals surface area contributed by atoms with Crippen LogP contribution < -0.4 is 4.90 Å². The largest absolute Gasteiger partial charge is 0.416 e. The van der Waals surface area contributed by atoms with E-state index in [1.165, 1.54) is 34.9 Å². The molecule has 23 heavy (non-hydrogen) atoms. The predicted molar refractivity (Wildman–Crippen MR) is 85.1 cm³/mol. The second-order valence-corrected chi connectivity index (χ2v) is 6.13. The smallest absolute Gasteiger partial charge is 0.311 e. The van der Waals surface area contributed by atoms with Crippen LogP contribution in [0.25, 0.3) is 4.91 Å². The molecule has 1 amide bonds. The van der Waals surface area contributed by atoms with Gasteiger partial charge in [0.2, 0.25) is 0 Å². The number of nitrogens with zero attached hydrogens (tertiary/aromatic N) is 1. The Hall–Kier alpha value is -2.21. The highest BCUT2D eigenvalue weighted by molar-refractivity contribution is 8.08. The number of thioether (sulfide) groups is 1. The number of hydrogen-bond donors (Lipinski definition) is 0. The first-order valence-electron chi connectivity index (χ1n) is 6.80.